The number of hydrogen-bond donors (Lipinski definition) is 0. The Labute approximate surface area is 120 Å². The van der Waals surface area contributed by atoms with Gasteiger partial charge >= 0.3 is 0 Å². The largest absolute Gasteiger partial charge is 0.299 e. The van der Waals surface area contributed by atoms with E-state index in [1.165, 1.54) is 28.6 Å². The van der Waals surface area contributed by atoms with Gasteiger partial charge < -0.3 is 0 Å². The normalized spacial score (nSPS) is 26.9. The van der Waals surface area contributed by atoms with Gasteiger partial charge in [0, 0.05) is 21.5 Å². The van der Waals surface area contributed by atoms with Crippen LogP contribution in [0.2, 0.25) is 0 Å². The van der Waals surface area contributed by atoms with E-state index in [2.05, 4.69) is 74.6 Å². The van der Waals surface area contributed by atoms with E-state index in [0.29, 0.717) is 4.83 Å². The minimum atomic E-state index is 0.709. The highest BCUT2D eigenvalue weighted by molar-refractivity contribution is 14.1. The van der Waals surface area contributed by atoms with E-state index in [-0.39, 0.29) is 0 Å². The molecule has 0 saturated carbocycles. The molecular formula is C13H17BrIN. The van der Waals surface area contributed by atoms with Crippen molar-refractivity contribution in [2.24, 2.45) is 5.92 Å². The molecule has 1 fully saturated rings. The number of likely N-dealkylation sites (tertiary alicyclic amines) is 1. The number of halogens is 2. The summed E-state index contributed by atoms with van der Waals surface area (Å²) in [6, 6.07) is 8.87. The van der Waals surface area contributed by atoms with Crippen molar-refractivity contribution >= 4 is 38.5 Å². The summed E-state index contributed by atoms with van der Waals surface area (Å²) in [5.74, 6) is 0.762. The van der Waals surface area contributed by atoms with Gasteiger partial charge in [-0.1, -0.05) is 35.0 Å². The van der Waals surface area contributed by atoms with Crippen LogP contribution in [0.25, 0.3) is 0 Å². The second-order valence-corrected chi connectivity index (χ2v) is 7.07. The first kappa shape index (κ1) is 12.8. The van der Waals surface area contributed by atoms with Gasteiger partial charge in [-0.3, -0.25) is 4.90 Å². The molecule has 1 aliphatic heterocycles. The smallest absolute Gasteiger partial charge is 0.0233 e. The second kappa shape index (κ2) is 5.83. The van der Waals surface area contributed by atoms with Gasteiger partial charge in [-0.2, -0.15) is 0 Å². The van der Waals surface area contributed by atoms with Crippen LogP contribution >= 0.6 is 38.5 Å². The standard InChI is InChI=1S/C13H17BrIN/c1-10-8-16(7-6-13(10)14)9-11-2-4-12(15)5-3-11/h2-5,10,13H,6-9H2,1H3. The lowest BCUT2D eigenvalue weighted by Crippen LogP contribution is -2.39. The summed E-state index contributed by atoms with van der Waals surface area (Å²) >= 11 is 6.10. The number of alkyl halides is 1. The summed E-state index contributed by atoms with van der Waals surface area (Å²) in [6.07, 6.45) is 1.27. The van der Waals surface area contributed by atoms with Crippen LogP contribution in [-0.4, -0.2) is 22.8 Å². The van der Waals surface area contributed by atoms with Crippen molar-refractivity contribution in [3.8, 4) is 0 Å². The van der Waals surface area contributed by atoms with Gasteiger partial charge in [-0.15, -0.1) is 0 Å². The molecule has 1 nitrogen and oxygen atoms in total. The molecule has 1 heterocycles. The highest BCUT2D eigenvalue weighted by atomic mass is 127. The Morgan fingerprint density at radius 1 is 1.38 bits per heavy atom. The van der Waals surface area contributed by atoms with Crippen molar-refractivity contribution < 1.29 is 0 Å². The summed E-state index contributed by atoms with van der Waals surface area (Å²) < 4.78 is 1.31. The Hall–Kier alpha value is 0.390. The quantitative estimate of drug-likeness (QED) is 0.544. The lowest BCUT2D eigenvalue weighted by atomic mass is 9.99. The van der Waals surface area contributed by atoms with Crippen LogP contribution in [0.5, 0.6) is 0 Å². The molecule has 0 spiro atoms. The topological polar surface area (TPSA) is 3.24 Å². The average Bonchev–Trinajstić information content (AvgIpc) is 2.27. The van der Waals surface area contributed by atoms with Crippen LogP contribution in [0, 0.1) is 9.49 Å². The highest BCUT2D eigenvalue weighted by Crippen LogP contribution is 2.24. The Balaban J connectivity index is 1.93. The van der Waals surface area contributed by atoms with Crippen molar-refractivity contribution in [1.29, 1.82) is 0 Å². The minimum absolute atomic E-state index is 0.709. The molecule has 2 atom stereocenters. The lowest BCUT2D eigenvalue weighted by molar-refractivity contribution is 0.183. The van der Waals surface area contributed by atoms with E-state index < -0.39 is 0 Å². The predicted octanol–water partition coefficient (Wildman–Crippen LogP) is 3.90. The molecule has 0 aliphatic carbocycles. The summed E-state index contributed by atoms with van der Waals surface area (Å²) in [6.45, 7) is 5.86. The predicted molar refractivity (Wildman–Crippen MR) is 80.9 cm³/mol. The second-order valence-electron chi connectivity index (χ2n) is 4.64. The van der Waals surface area contributed by atoms with Crippen LogP contribution in [0.15, 0.2) is 24.3 Å². The van der Waals surface area contributed by atoms with Gasteiger partial charge in [0.05, 0.1) is 0 Å². The maximum atomic E-state index is 3.75. The van der Waals surface area contributed by atoms with Crippen molar-refractivity contribution in [2.45, 2.75) is 24.7 Å². The molecule has 1 aliphatic rings. The fourth-order valence-corrected chi connectivity index (χ4v) is 2.93. The summed E-state index contributed by atoms with van der Waals surface area (Å²) in [7, 11) is 0. The zero-order chi connectivity index (χ0) is 11.5. The molecule has 2 rings (SSSR count). The number of hydrogen-bond acceptors (Lipinski definition) is 1. The van der Waals surface area contributed by atoms with Gasteiger partial charge in [-0.25, -0.2) is 0 Å². The maximum absolute atomic E-state index is 3.75. The summed E-state index contributed by atoms with van der Waals surface area (Å²) in [5.41, 5.74) is 1.43. The van der Waals surface area contributed by atoms with Gasteiger partial charge in [0.25, 0.3) is 0 Å². The number of rotatable bonds is 2. The summed E-state index contributed by atoms with van der Waals surface area (Å²) in [5, 5.41) is 0. The third kappa shape index (κ3) is 3.44. The molecule has 2 unspecified atom stereocenters. The maximum Gasteiger partial charge on any atom is 0.0233 e. The fourth-order valence-electron chi connectivity index (χ4n) is 2.19. The number of benzene rings is 1. The number of nitrogens with zero attached hydrogens (tertiary/aromatic N) is 1. The third-order valence-electron chi connectivity index (χ3n) is 3.20. The molecule has 0 amide bonds. The number of piperidine rings is 1. The van der Waals surface area contributed by atoms with E-state index >= 15 is 0 Å². The molecule has 0 bridgehead atoms. The van der Waals surface area contributed by atoms with E-state index in [9.17, 15) is 0 Å². The van der Waals surface area contributed by atoms with Crippen LogP contribution in [0.1, 0.15) is 18.9 Å². The zero-order valence-corrected chi connectivity index (χ0v) is 13.2. The first-order valence-corrected chi connectivity index (χ1v) is 7.75. The zero-order valence-electron chi connectivity index (χ0n) is 9.50. The van der Waals surface area contributed by atoms with Gasteiger partial charge in [0.15, 0.2) is 0 Å². The highest BCUT2D eigenvalue weighted by Gasteiger charge is 2.23. The summed E-state index contributed by atoms with van der Waals surface area (Å²) in [4.78, 5) is 3.27. The van der Waals surface area contributed by atoms with Crippen molar-refractivity contribution in [1.82, 2.24) is 4.90 Å². The molecule has 1 saturated heterocycles. The Morgan fingerprint density at radius 2 is 2.06 bits per heavy atom. The van der Waals surface area contributed by atoms with Crippen LogP contribution in [-0.2, 0) is 6.54 Å². The van der Waals surface area contributed by atoms with E-state index in [1.54, 1.807) is 0 Å². The molecule has 3 heteroatoms. The molecule has 0 radical (unpaired) electrons. The third-order valence-corrected chi connectivity index (χ3v) is 5.28. The van der Waals surface area contributed by atoms with Gasteiger partial charge in [0.2, 0.25) is 0 Å². The Morgan fingerprint density at radius 3 is 2.69 bits per heavy atom. The van der Waals surface area contributed by atoms with E-state index in [0.717, 1.165) is 12.5 Å². The van der Waals surface area contributed by atoms with Crippen molar-refractivity contribution in [3.05, 3.63) is 33.4 Å². The lowest BCUT2D eigenvalue weighted by Gasteiger charge is -2.34. The molecular weight excluding hydrogens is 377 g/mol. The van der Waals surface area contributed by atoms with Crippen molar-refractivity contribution in [3.63, 3.8) is 0 Å². The monoisotopic (exact) mass is 393 g/mol. The Kier molecular flexibility index (Phi) is 4.67. The van der Waals surface area contributed by atoms with Crippen LogP contribution < -0.4 is 0 Å². The van der Waals surface area contributed by atoms with E-state index in [4.69, 9.17) is 0 Å². The SMILES string of the molecule is CC1CN(Cc2ccc(I)cc2)CCC1Br. The molecule has 16 heavy (non-hydrogen) atoms. The van der Waals surface area contributed by atoms with Gasteiger partial charge in [-0.05, 0) is 59.2 Å². The Bertz CT molecular complexity index is 338. The molecule has 1 aromatic rings. The van der Waals surface area contributed by atoms with Crippen LogP contribution in [0.4, 0.5) is 0 Å². The molecule has 1 aromatic carbocycles. The van der Waals surface area contributed by atoms with Crippen LogP contribution in [0.3, 0.4) is 0 Å². The van der Waals surface area contributed by atoms with Crippen molar-refractivity contribution in [2.75, 3.05) is 13.1 Å². The van der Waals surface area contributed by atoms with E-state index in [1.807, 2.05) is 0 Å². The van der Waals surface area contributed by atoms with Gasteiger partial charge in [0.1, 0.15) is 0 Å². The molecule has 0 N–H and O–H groups in total. The first-order valence-electron chi connectivity index (χ1n) is 5.76. The minimum Gasteiger partial charge on any atom is -0.299 e. The average molecular weight is 394 g/mol. The molecule has 0 aromatic heterocycles. The molecule has 88 valence electrons. The first-order chi connectivity index (χ1) is 7.65. The fraction of sp³-hybridized carbons (Fsp3) is 0.538.